The SMILES string of the molecule is COc1cc(Cl)ccc1-c1cc(CC(=O)OCc2ccc3c(c2)ncn3C)n(C)c1. The van der Waals surface area contributed by atoms with Crippen molar-refractivity contribution in [1.29, 1.82) is 0 Å². The number of esters is 1. The largest absolute Gasteiger partial charge is 0.496 e. The number of aromatic nitrogens is 3. The van der Waals surface area contributed by atoms with Gasteiger partial charge in [0.15, 0.2) is 0 Å². The molecule has 6 nitrogen and oxygen atoms in total. The number of carbonyl (C=O) groups excluding carboxylic acids is 1. The second-order valence-corrected chi connectivity index (χ2v) is 7.63. The Morgan fingerprint density at radius 1 is 1.10 bits per heavy atom. The van der Waals surface area contributed by atoms with Gasteiger partial charge in [-0.3, -0.25) is 4.79 Å². The smallest absolute Gasteiger partial charge is 0.312 e. The van der Waals surface area contributed by atoms with Crippen LogP contribution in [0.5, 0.6) is 5.75 Å². The van der Waals surface area contributed by atoms with E-state index in [1.54, 1.807) is 19.5 Å². The Bertz CT molecular complexity index is 1230. The van der Waals surface area contributed by atoms with Crippen molar-refractivity contribution in [3.05, 3.63) is 71.3 Å². The molecule has 0 radical (unpaired) electrons. The number of imidazole rings is 1. The molecule has 0 saturated carbocycles. The van der Waals surface area contributed by atoms with Crippen LogP contribution in [0.15, 0.2) is 55.0 Å². The van der Waals surface area contributed by atoms with Crippen LogP contribution in [0.1, 0.15) is 11.3 Å². The van der Waals surface area contributed by atoms with Gasteiger partial charge in [-0.25, -0.2) is 4.98 Å². The van der Waals surface area contributed by atoms with Crippen LogP contribution in [0.3, 0.4) is 0 Å². The third kappa shape index (κ3) is 4.04. The summed E-state index contributed by atoms with van der Waals surface area (Å²) in [6.07, 6.45) is 3.91. The van der Waals surface area contributed by atoms with Gasteiger partial charge in [0.2, 0.25) is 0 Å². The van der Waals surface area contributed by atoms with Crippen molar-refractivity contribution in [3.8, 4) is 16.9 Å². The number of fused-ring (bicyclic) bond motifs is 1. The molecule has 4 aromatic rings. The molecular formula is C23H22ClN3O3. The first kappa shape index (κ1) is 20.0. The predicted octanol–water partition coefficient (Wildman–Crippen LogP) is 4.53. The highest BCUT2D eigenvalue weighted by Crippen LogP contribution is 2.33. The van der Waals surface area contributed by atoms with Crippen molar-refractivity contribution >= 4 is 28.6 Å². The highest BCUT2D eigenvalue weighted by Gasteiger charge is 2.14. The van der Waals surface area contributed by atoms with Crippen molar-refractivity contribution in [2.45, 2.75) is 13.0 Å². The zero-order chi connectivity index (χ0) is 21.3. The van der Waals surface area contributed by atoms with Crippen molar-refractivity contribution < 1.29 is 14.3 Å². The van der Waals surface area contributed by atoms with E-state index in [4.69, 9.17) is 21.1 Å². The summed E-state index contributed by atoms with van der Waals surface area (Å²) in [6.45, 7) is 0.216. The maximum atomic E-state index is 12.4. The summed E-state index contributed by atoms with van der Waals surface area (Å²) in [4.78, 5) is 16.8. The van der Waals surface area contributed by atoms with Crippen molar-refractivity contribution in [2.24, 2.45) is 14.1 Å². The van der Waals surface area contributed by atoms with E-state index in [9.17, 15) is 4.79 Å². The summed E-state index contributed by atoms with van der Waals surface area (Å²) in [5.74, 6) is 0.402. The summed E-state index contributed by atoms with van der Waals surface area (Å²) < 4.78 is 14.8. The predicted molar refractivity (Wildman–Crippen MR) is 117 cm³/mol. The average molecular weight is 424 g/mol. The van der Waals surface area contributed by atoms with Gasteiger partial charge in [0.05, 0.1) is 30.9 Å². The van der Waals surface area contributed by atoms with Crippen LogP contribution in [0, 0.1) is 0 Å². The zero-order valence-electron chi connectivity index (χ0n) is 17.1. The fourth-order valence-corrected chi connectivity index (χ4v) is 3.63. The van der Waals surface area contributed by atoms with Crippen LogP contribution in [0.4, 0.5) is 0 Å². The molecule has 0 saturated heterocycles. The fourth-order valence-electron chi connectivity index (χ4n) is 3.47. The highest BCUT2D eigenvalue weighted by molar-refractivity contribution is 6.30. The summed E-state index contributed by atoms with van der Waals surface area (Å²) >= 11 is 6.06. The second-order valence-electron chi connectivity index (χ2n) is 7.19. The lowest BCUT2D eigenvalue weighted by molar-refractivity contribution is -0.144. The molecule has 0 spiro atoms. The lowest BCUT2D eigenvalue weighted by Crippen LogP contribution is -2.10. The normalized spacial score (nSPS) is 11.1. The van der Waals surface area contributed by atoms with Gasteiger partial charge in [0.1, 0.15) is 12.4 Å². The number of nitrogens with zero attached hydrogens (tertiary/aromatic N) is 3. The van der Waals surface area contributed by atoms with Crippen LogP contribution < -0.4 is 4.74 Å². The summed E-state index contributed by atoms with van der Waals surface area (Å²) in [5.41, 5.74) is 5.56. The van der Waals surface area contributed by atoms with Crippen molar-refractivity contribution in [2.75, 3.05) is 7.11 Å². The third-order valence-corrected chi connectivity index (χ3v) is 5.33. The van der Waals surface area contributed by atoms with Crippen molar-refractivity contribution in [3.63, 3.8) is 0 Å². The Labute approximate surface area is 179 Å². The number of carbonyl (C=O) groups is 1. The van der Waals surface area contributed by atoms with E-state index in [2.05, 4.69) is 4.98 Å². The molecule has 30 heavy (non-hydrogen) atoms. The number of methoxy groups -OCH3 is 1. The van der Waals surface area contributed by atoms with Gasteiger partial charge in [-0.15, -0.1) is 0 Å². The molecule has 0 atom stereocenters. The van der Waals surface area contributed by atoms with Crippen molar-refractivity contribution in [1.82, 2.24) is 14.1 Å². The minimum atomic E-state index is -0.285. The van der Waals surface area contributed by atoms with E-state index in [1.165, 1.54) is 0 Å². The van der Waals surface area contributed by atoms with E-state index in [0.717, 1.165) is 33.4 Å². The maximum Gasteiger partial charge on any atom is 0.312 e. The number of hydrogen-bond donors (Lipinski definition) is 0. The minimum Gasteiger partial charge on any atom is -0.496 e. The standard InChI is InChI=1S/C23H22ClN3O3/c1-26-12-16(19-6-5-17(24)10-22(19)29-3)9-18(26)11-23(28)30-13-15-4-7-21-20(8-15)25-14-27(21)2/h4-10,12,14H,11,13H2,1-3H3. The molecule has 0 aliphatic heterocycles. The Morgan fingerprint density at radius 2 is 1.93 bits per heavy atom. The summed E-state index contributed by atoms with van der Waals surface area (Å²) in [7, 11) is 5.46. The number of halogens is 1. The molecule has 0 unspecified atom stereocenters. The van der Waals surface area contributed by atoms with Gasteiger partial charge in [-0.2, -0.15) is 0 Å². The Hall–Kier alpha value is -3.25. The molecule has 2 heterocycles. The highest BCUT2D eigenvalue weighted by atomic mass is 35.5. The minimum absolute atomic E-state index is 0.179. The summed E-state index contributed by atoms with van der Waals surface area (Å²) in [5, 5.41) is 0.610. The molecule has 0 bridgehead atoms. The molecule has 2 aromatic heterocycles. The van der Waals surface area contributed by atoms with Gasteiger partial charge in [-0.05, 0) is 42.0 Å². The van der Waals surface area contributed by atoms with Crippen LogP contribution in [-0.2, 0) is 36.7 Å². The summed E-state index contributed by atoms with van der Waals surface area (Å²) in [6, 6.07) is 13.3. The van der Waals surface area contributed by atoms with E-state index in [0.29, 0.717) is 10.8 Å². The fraction of sp³-hybridized carbons (Fsp3) is 0.217. The van der Waals surface area contributed by atoms with E-state index < -0.39 is 0 Å². The van der Waals surface area contributed by atoms with Crippen LogP contribution in [0.2, 0.25) is 5.02 Å². The molecule has 0 aliphatic carbocycles. The lowest BCUT2D eigenvalue weighted by Gasteiger charge is -2.07. The van der Waals surface area contributed by atoms with E-state index >= 15 is 0 Å². The van der Waals surface area contributed by atoms with Gasteiger partial charge >= 0.3 is 5.97 Å². The van der Waals surface area contributed by atoms with Gasteiger partial charge < -0.3 is 18.6 Å². The Morgan fingerprint density at radius 3 is 2.73 bits per heavy atom. The second kappa shape index (κ2) is 8.24. The van der Waals surface area contributed by atoms with Gasteiger partial charge in [-0.1, -0.05) is 17.7 Å². The number of hydrogen-bond acceptors (Lipinski definition) is 4. The monoisotopic (exact) mass is 423 g/mol. The number of rotatable bonds is 6. The average Bonchev–Trinajstić information content (AvgIpc) is 3.28. The molecule has 154 valence electrons. The lowest BCUT2D eigenvalue weighted by atomic mass is 10.1. The van der Waals surface area contributed by atoms with Gasteiger partial charge in [0.25, 0.3) is 0 Å². The third-order valence-electron chi connectivity index (χ3n) is 5.10. The first-order valence-corrected chi connectivity index (χ1v) is 9.87. The quantitative estimate of drug-likeness (QED) is 0.427. The first-order chi connectivity index (χ1) is 14.4. The molecular weight excluding hydrogens is 402 g/mol. The molecule has 4 rings (SSSR count). The van der Waals surface area contributed by atoms with Crippen LogP contribution in [-0.4, -0.2) is 27.2 Å². The Kier molecular flexibility index (Phi) is 5.50. The van der Waals surface area contributed by atoms with Crippen LogP contribution >= 0.6 is 11.6 Å². The molecule has 0 amide bonds. The number of aryl methyl sites for hydroxylation is 2. The van der Waals surface area contributed by atoms with E-state index in [1.807, 2.05) is 65.8 Å². The molecule has 0 fully saturated rings. The maximum absolute atomic E-state index is 12.4. The Balaban J connectivity index is 1.44. The first-order valence-electron chi connectivity index (χ1n) is 9.49. The zero-order valence-corrected chi connectivity index (χ0v) is 17.8. The molecule has 7 heteroatoms. The molecule has 0 N–H and O–H groups in total. The number of ether oxygens (including phenoxy) is 2. The molecule has 2 aromatic carbocycles. The number of benzene rings is 2. The van der Waals surface area contributed by atoms with Crippen LogP contribution in [0.25, 0.3) is 22.2 Å². The van der Waals surface area contributed by atoms with Gasteiger partial charge in [0, 0.05) is 42.1 Å². The topological polar surface area (TPSA) is 58.3 Å². The van der Waals surface area contributed by atoms with E-state index in [-0.39, 0.29) is 19.0 Å². The molecule has 0 aliphatic rings.